The van der Waals surface area contributed by atoms with Crippen molar-refractivity contribution in [2.45, 2.75) is 58.8 Å². The van der Waals surface area contributed by atoms with Crippen LogP contribution < -0.4 is 16.2 Å². The summed E-state index contributed by atoms with van der Waals surface area (Å²) in [6.45, 7) is 4.16. The van der Waals surface area contributed by atoms with Crippen molar-refractivity contribution < 1.29 is 9.59 Å². The van der Waals surface area contributed by atoms with E-state index in [0.717, 1.165) is 25.7 Å². The van der Waals surface area contributed by atoms with Crippen LogP contribution in [0.2, 0.25) is 0 Å². The molecule has 0 fully saturated rings. The molecule has 0 atom stereocenters. The molecule has 9 heteroatoms. The average Bonchev–Trinajstić information content (AvgIpc) is 3.08. The Hall–Kier alpha value is -3.23. The third kappa shape index (κ3) is 5.65. The lowest BCUT2D eigenvalue weighted by Crippen LogP contribution is -2.36. The largest absolute Gasteiger partial charge is 0.348 e. The minimum Gasteiger partial charge on any atom is -0.348 e. The van der Waals surface area contributed by atoms with Gasteiger partial charge < -0.3 is 10.6 Å². The van der Waals surface area contributed by atoms with Gasteiger partial charge in [0.05, 0.1) is 5.69 Å². The van der Waals surface area contributed by atoms with Crippen molar-refractivity contribution >= 4 is 17.6 Å². The van der Waals surface area contributed by atoms with Crippen molar-refractivity contribution in [2.24, 2.45) is 0 Å². The number of allylic oxidation sites excluding steroid dienone is 1. The number of nitrogens with one attached hydrogen (secondary N) is 3. The topological polar surface area (TPSA) is 122 Å². The highest BCUT2D eigenvalue weighted by Gasteiger charge is 2.18. The molecule has 0 bridgehead atoms. The summed E-state index contributed by atoms with van der Waals surface area (Å²) in [6.07, 6.45) is 9.01. The Morgan fingerprint density at radius 2 is 2.03 bits per heavy atom. The second-order valence-corrected chi connectivity index (χ2v) is 7.46. The Kier molecular flexibility index (Phi) is 7.16. The van der Waals surface area contributed by atoms with Crippen molar-refractivity contribution in [1.29, 1.82) is 0 Å². The van der Waals surface area contributed by atoms with Gasteiger partial charge in [-0.05, 0) is 45.4 Å². The normalized spacial score (nSPS) is 13.6. The molecule has 0 unspecified atom stereocenters. The van der Waals surface area contributed by atoms with Crippen molar-refractivity contribution in [3.63, 3.8) is 0 Å². The third-order valence-electron chi connectivity index (χ3n) is 4.89. The van der Waals surface area contributed by atoms with E-state index in [9.17, 15) is 14.4 Å². The zero-order valence-electron chi connectivity index (χ0n) is 17.5. The molecule has 3 rings (SSSR count). The first kappa shape index (κ1) is 21.5. The van der Waals surface area contributed by atoms with Gasteiger partial charge in [-0.15, -0.1) is 0 Å². The Morgan fingerprint density at radius 3 is 2.77 bits per heavy atom. The van der Waals surface area contributed by atoms with Gasteiger partial charge in [-0.1, -0.05) is 25.0 Å². The number of anilines is 1. The fourth-order valence-electron chi connectivity index (χ4n) is 3.45. The van der Waals surface area contributed by atoms with Gasteiger partial charge in [-0.25, -0.2) is 4.98 Å². The third-order valence-corrected chi connectivity index (χ3v) is 4.89. The SMILES string of the molecule is CCCc1cc(=O)[nH]c(-n2nc(C)cc2NC(=O)C(=O)NCCC2=CCCCC2)n1. The maximum Gasteiger partial charge on any atom is 0.314 e. The number of rotatable bonds is 7. The van der Waals surface area contributed by atoms with E-state index in [2.05, 4.69) is 31.8 Å². The maximum absolute atomic E-state index is 12.4. The molecule has 9 nitrogen and oxygen atoms in total. The van der Waals surface area contributed by atoms with Crippen LogP contribution >= 0.6 is 0 Å². The highest BCUT2D eigenvalue weighted by molar-refractivity contribution is 6.39. The Labute approximate surface area is 175 Å². The van der Waals surface area contributed by atoms with Gasteiger partial charge in [0.2, 0.25) is 5.95 Å². The summed E-state index contributed by atoms with van der Waals surface area (Å²) in [4.78, 5) is 43.5. The lowest BCUT2D eigenvalue weighted by atomic mass is 9.97. The molecule has 0 aliphatic heterocycles. The molecule has 0 saturated heterocycles. The smallest absolute Gasteiger partial charge is 0.314 e. The van der Waals surface area contributed by atoms with E-state index in [1.807, 2.05) is 6.92 Å². The van der Waals surface area contributed by atoms with Crippen molar-refractivity contribution in [3.8, 4) is 5.95 Å². The Bertz CT molecular complexity index is 1000. The second kappa shape index (κ2) is 10.00. The molecule has 2 heterocycles. The van der Waals surface area contributed by atoms with Gasteiger partial charge in [-0.2, -0.15) is 9.78 Å². The molecule has 0 aromatic carbocycles. The summed E-state index contributed by atoms with van der Waals surface area (Å²) in [5.41, 5.74) is 2.27. The first-order valence-corrected chi connectivity index (χ1v) is 10.4. The minimum absolute atomic E-state index is 0.194. The molecule has 2 aromatic heterocycles. The molecule has 2 aromatic rings. The monoisotopic (exact) mass is 412 g/mol. The summed E-state index contributed by atoms with van der Waals surface area (Å²) in [6, 6.07) is 3.06. The van der Waals surface area contributed by atoms with Crippen LogP contribution in [0.1, 0.15) is 56.8 Å². The fourth-order valence-corrected chi connectivity index (χ4v) is 3.45. The number of H-pyrrole nitrogens is 1. The Morgan fingerprint density at radius 1 is 1.20 bits per heavy atom. The van der Waals surface area contributed by atoms with E-state index in [4.69, 9.17) is 0 Å². The van der Waals surface area contributed by atoms with Crippen molar-refractivity contribution in [1.82, 2.24) is 25.1 Å². The van der Waals surface area contributed by atoms with E-state index < -0.39 is 11.8 Å². The molecule has 2 amide bonds. The molecular weight excluding hydrogens is 384 g/mol. The highest BCUT2D eigenvalue weighted by atomic mass is 16.2. The zero-order chi connectivity index (χ0) is 21.5. The minimum atomic E-state index is -0.791. The number of aryl methyl sites for hydroxylation is 2. The zero-order valence-corrected chi connectivity index (χ0v) is 17.5. The number of hydrogen-bond donors (Lipinski definition) is 3. The van der Waals surface area contributed by atoms with E-state index in [0.29, 0.717) is 24.4 Å². The lowest BCUT2D eigenvalue weighted by molar-refractivity contribution is -0.136. The van der Waals surface area contributed by atoms with E-state index in [-0.39, 0.29) is 17.3 Å². The number of aromatic amines is 1. The van der Waals surface area contributed by atoms with Crippen LogP contribution in [0.4, 0.5) is 5.82 Å². The van der Waals surface area contributed by atoms with Crippen LogP contribution in [0.15, 0.2) is 28.6 Å². The number of amides is 2. The molecule has 1 aliphatic rings. The van der Waals surface area contributed by atoms with Gasteiger partial charge in [0.15, 0.2) is 0 Å². The molecule has 1 aliphatic carbocycles. The number of carbonyl (C=O) groups is 2. The predicted octanol–water partition coefficient (Wildman–Crippen LogP) is 2.16. The quantitative estimate of drug-likeness (QED) is 0.475. The maximum atomic E-state index is 12.4. The molecule has 0 saturated carbocycles. The summed E-state index contributed by atoms with van der Waals surface area (Å²) in [5.74, 6) is -1.04. The van der Waals surface area contributed by atoms with Gasteiger partial charge >= 0.3 is 11.8 Å². The molecule has 160 valence electrons. The first-order valence-electron chi connectivity index (χ1n) is 10.4. The number of carbonyl (C=O) groups excluding carboxylic acids is 2. The first-order chi connectivity index (χ1) is 14.5. The standard InChI is InChI=1S/C21H28N6O3/c1-3-7-16-13-18(28)25-21(23-16)27-17(12-14(2)26-27)24-20(30)19(29)22-11-10-15-8-5-4-6-9-15/h8,12-13H,3-7,9-11H2,1-2H3,(H,22,29)(H,24,30)(H,23,25,28). The lowest BCUT2D eigenvalue weighted by Gasteiger charge is -2.13. The van der Waals surface area contributed by atoms with Crippen LogP contribution in [0.3, 0.4) is 0 Å². The van der Waals surface area contributed by atoms with Crippen LogP contribution in [0.5, 0.6) is 0 Å². The summed E-state index contributed by atoms with van der Waals surface area (Å²) < 4.78 is 1.33. The number of hydrogen-bond acceptors (Lipinski definition) is 5. The van der Waals surface area contributed by atoms with Gasteiger partial charge in [0.1, 0.15) is 5.82 Å². The number of aromatic nitrogens is 4. The molecular formula is C21H28N6O3. The fraction of sp³-hybridized carbons (Fsp3) is 0.476. The van der Waals surface area contributed by atoms with Gasteiger partial charge in [-0.3, -0.25) is 19.4 Å². The van der Waals surface area contributed by atoms with Crippen molar-refractivity contribution in [2.75, 3.05) is 11.9 Å². The predicted molar refractivity (Wildman–Crippen MR) is 114 cm³/mol. The Balaban J connectivity index is 1.67. The molecule has 30 heavy (non-hydrogen) atoms. The average molecular weight is 412 g/mol. The second-order valence-electron chi connectivity index (χ2n) is 7.46. The summed E-state index contributed by atoms with van der Waals surface area (Å²) in [5, 5.41) is 9.51. The van der Waals surface area contributed by atoms with Crippen LogP contribution in [-0.4, -0.2) is 38.1 Å². The van der Waals surface area contributed by atoms with Crippen LogP contribution in [0.25, 0.3) is 5.95 Å². The molecule has 0 spiro atoms. The van der Waals surface area contributed by atoms with E-state index in [1.165, 1.54) is 29.2 Å². The highest BCUT2D eigenvalue weighted by Crippen LogP contribution is 2.19. The van der Waals surface area contributed by atoms with Crippen molar-refractivity contribution in [3.05, 3.63) is 45.5 Å². The number of nitrogens with zero attached hydrogens (tertiary/aromatic N) is 3. The summed E-state index contributed by atoms with van der Waals surface area (Å²) in [7, 11) is 0. The molecule has 0 radical (unpaired) electrons. The van der Waals surface area contributed by atoms with E-state index >= 15 is 0 Å². The van der Waals surface area contributed by atoms with Crippen LogP contribution in [0, 0.1) is 6.92 Å². The van der Waals surface area contributed by atoms with Crippen LogP contribution in [-0.2, 0) is 16.0 Å². The molecule has 3 N–H and O–H groups in total. The van der Waals surface area contributed by atoms with E-state index in [1.54, 1.807) is 13.0 Å². The van der Waals surface area contributed by atoms with Gasteiger partial charge in [0, 0.05) is 24.4 Å². The summed E-state index contributed by atoms with van der Waals surface area (Å²) >= 11 is 0. The van der Waals surface area contributed by atoms with Gasteiger partial charge in [0.25, 0.3) is 5.56 Å².